The van der Waals surface area contributed by atoms with E-state index in [0.29, 0.717) is 0 Å². The third-order valence-corrected chi connectivity index (χ3v) is 10.9. The van der Waals surface area contributed by atoms with Gasteiger partial charge in [0.2, 0.25) is 0 Å². The summed E-state index contributed by atoms with van der Waals surface area (Å²) in [6.07, 6.45) is 0. The van der Waals surface area contributed by atoms with Crippen molar-refractivity contribution in [3.8, 4) is 22.3 Å². The fraction of sp³-hybridized carbons (Fsp3) is 0. The summed E-state index contributed by atoms with van der Waals surface area (Å²) < 4.78 is 9.04. The fourth-order valence-electron chi connectivity index (χ4n) is 7.36. The Labute approximate surface area is 287 Å². The highest BCUT2D eigenvalue weighted by Crippen LogP contribution is 2.43. The Kier molecular flexibility index (Phi) is 6.39. The highest BCUT2D eigenvalue weighted by molar-refractivity contribution is 7.26. The second kappa shape index (κ2) is 11.2. The molecule has 0 amide bonds. The average Bonchev–Trinajstić information content (AvgIpc) is 3.75. The van der Waals surface area contributed by atoms with E-state index in [1.807, 2.05) is 23.5 Å². The third kappa shape index (κ3) is 4.55. The predicted octanol–water partition coefficient (Wildman–Crippen LogP) is 13.9. The maximum absolute atomic E-state index is 6.38. The molecule has 0 bridgehead atoms. The molecule has 0 atom stereocenters. The summed E-state index contributed by atoms with van der Waals surface area (Å²) in [5.74, 6) is 0. The van der Waals surface area contributed by atoms with E-state index in [9.17, 15) is 0 Å². The van der Waals surface area contributed by atoms with E-state index in [-0.39, 0.29) is 0 Å². The molecular formula is C46H29NOS. The summed E-state index contributed by atoms with van der Waals surface area (Å²) in [7, 11) is 0. The fourth-order valence-corrected chi connectivity index (χ4v) is 8.60. The van der Waals surface area contributed by atoms with Gasteiger partial charge in [0.15, 0.2) is 0 Å². The lowest BCUT2D eigenvalue weighted by Gasteiger charge is -2.27. The van der Waals surface area contributed by atoms with Crippen LogP contribution in [0.1, 0.15) is 0 Å². The number of rotatable bonds is 5. The number of nitrogens with zero attached hydrogens (tertiary/aromatic N) is 1. The van der Waals surface area contributed by atoms with Gasteiger partial charge in [-0.25, -0.2) is 0 Å². The molecule has 0 aliphatic heterocycles. The minimum atomic E-state index is 0.913. The van der Waals surface area contributed by atoms with Crippen LogP contribution in [-0.4, -0.2) is 0 Å². The number of benzene rings is 8. The normalized spacial score (nSPS) is 11.7. The molecule has 0 unspecified atom stereocenters. The van der Waals surface area contributed by atoms with E-state index in [4.69, 9.17) is 4.42 Å². The van der Waals surface area contributed by atoms with E-state index in [2.05, 4.69) is 169 Å². The predicted molar refractivity (Wildman–Crippen MR) is 210 cm³/mol. The minimum Gasteiger partial charge on any atom is -0.455 e. The zero-order chi connectivity index (χ0) is 32.3. The first-order valence-corrected chi connectivity index (χ1v) is 17.4. The molecule has 0 saturated carbocycles. The summed E-state index contributed by atoms with van der Waals surface area (Å²) in [4.78, 5) is 2.37. The van der Waals surface area contributed by atoms with Crippen LogP contribution in [-0.2, 0) is 0 Å². The van der Waals surface area contributed by atoms with Crippen molar-refractivity contribution in [1.29, 1.82) is 0 Å². The van der Waals surface area contributed by atoms with Gasteiger partial charge in [-0.05, 0) is 64.5 Å². The van der Waals surface area contributed by atoms with Crippen LogP contribution >= 0.6 is 11.3 Å². The Hall–Kier alpha value is -6.16. The molecule has 0 fully saturated rings. The number of fused-ring (bicyclic) bond motifs is 7. The first kappa shape index (κ1) is 27.9. The summed E-state index contributed by atoms with van der Waals surface area (Å²) in [6.45, 7) is 0. The van der Waals surface area contributed by atoms with Crippen molar-refractivity contribution in [1.82, 2.24) is 0 Å². The number of furan rings is 1. The molecule has 0 radical (unpaired) electrons. The molecule has 49 heavy (non-hydrogen) atoms. The lowest BCUT2D eigenvalue weighted by Crippen LogP contribution is -2.10. The first-order valence-electron chi connectivity index (χ1n) is 16.6. The SMILES string of the molecule is c1ccc2c(N(c3ccc(-c4cccc5c4oc4ccccc45)cc3)c3ccc(-c4cccc5c4sc4ccccc45)cc3)cccc2c1. The van der Waals surface area contributed by atoms with E-state index in [1.165, 1.54) is 42.1 Å². The van der Waals surface area contributed by atoms with Gasteiger partial charge in [0, 0.05) is 53.3 Å². The van der Waals surface area contributed by atoms with Gasteiger partial charge in [0.05, 0.1) is 5.69 Å². The highest BCUT2D eigenvalue weighted by Gasteiger charge is 2.18. The molecule has 2 nitrogen and oxygen atoms in total. The van der Waals surface area contributed by atoms with Crippen molar-refractivity contribution < 1.29 is 4.42 Å². The molecule has 0 N–H and O–H groups in total. The van der Waals surface area contributed by atoms with Crippen LogP contribution < -0.4 is 4.90 Å². The molecule has 0 aliphatic rings. The highest BCUT2D eigenvalue weighted by atomic mass is 32.1. The van der Waals surface area contributed by atoms with Crippen LogP contribution in [0.5, 0.6) is 0 Å². The van der Waals surface area contributed by atoms with E-state index in [1.54, 1.807) is 0 Å². The number of anilines is 3. The Morgan fingerprint density at radius 2 is 0.980 bits per heavy atom. The van der Waals surface area contributed by atoms with Gasteiger partial charge in [-0.15, -0.1) is 11.3 Å². The maximum Gasteiger partial charge on any atom is 0.143 e. The van der Waals surface area contributed by atoms with Gasteiger partial charge in [-0.3, -0.25) is 0 Å². The van der Waals surface area contributed by atoms with Crippen LogP contribution in [0.4, 0.5) is 17.1 Å². The van der Waals surface area contributed by atoms with Crippen LogP contribution in [0.3, 0.4) is 0 Å². The molecule has 0 aliphatic carbocycles. The summed E-state index contributed by atoms with van der Waals surface area (Å²) >= 11 is 1.87. The second-order valence-electron chi connectivity index (χ2n) is 12.5. The molecule has 2 aromatic heterocycles. The number of thiophene rings is 1. The molecule has 8 aromatic carbocycles. The van der Waals surface area contributed by atoms with Crippen LogP contribution in [0, 0.1) is 0 Å². The Bertz CT molecular complexity index is 2660. The lowest BCUT2D eigenvalue weighted by atomic mass is 10.0. The van der Waals surface area contributed by atoms with Gasteiger partial charge < -0.3 is 9.32 Å². The molecule has 10 rings (SSSR count). The summed E-state index contributed by atoms with van der Waals surface area (Å²) in [6, 6.07) is 63.2. The van der Waals surface area contributed by atoms with Crippen LogP contribution in [0.15, 0.2) is 180 Å². The Balaban J connectivity index is 1.09. The molecule has 10 aromatic rings. The van der Waals surface area contributed by atoms with Gasteiger partial charge in [-0.2, -0.15) is 0 Å². The number of hydrogen-bond acceptors (Lipinski definition) is 3. The molecular weight excluding hydrogens is 615 g/mol. The monoisotopic (exact) mass is 643 g/mol. The zero-order valence-electron chi connectivity index (χ0n) is 26.5. The summed E-state index contributed by atoms with van der Waals surface area (Å²) in [5.41, 5.74) is 9.88. The Morgan fingerprint density at radius 1 is 0.408 bits per heavy atom. The quantitative estimate of drug-likeness (QED) is 0.186. The topological polar surface area (TPSA) is 16.4 Å². The standard InChI is InChI=1S/C46H29NOS/c1-2-12-35-30(10-1)11-7-19-42(35)47(33-26-22-31(23-27-33)36-15-8-17-40-38-13-3-5-20-43(38)48-45(36)40)34-28-24-32(25-29-34)37-16-9-18-41-39-14-4-6-21-44(39)49-46(37)41/h1-29H. The van der Waals surface area contributed by atoms with Crippen molar-refractivity contribution in [2.45, 2.75) is 0 Å². The van der Waals surface area contributed by atoms with Gasteiger partial charge in [0.1, 0.15) is 11.2 Å². The van der Waals surface area contributed by atoms with E-state index >= 15 is 0 Å². The molecule has 0 saturated heterocycles. The largest absolute Gasteiger partial charge is 0.455 e. The first-order chi connectivity index (χ1) is 24.3. The van der Waals surface area contributed by atoms with Crippen molar-refractivity contribution in [2.24, 2.45) is 0 Å². The maximum atomic E-state index is 6.38. The molecule has 3 heteroatoms. The second-order valence-corrected chi connectivity index (χ2v) is 13.5. The van der Waals surface area contributed by atoms with Crippen molar-refractivity contribution >= 4 is 81.3 Å². The third-order valence-electron chi connectivity index (χ3n) is 9.69. The van der Waals surface area contributed by atoms with Crippen molar-refractivity contribution in [3.63, 3.8) is 0 Å². The Morgan fingerprint density at radius 3 is 1.78 bits per heavy atom. The molecule has 230 valence electrons. The average molecular weight is 644 g/mol. The van der Waals surface area contributed by atoms with Gasteiger partial charge in [0.25, 0.3) is 0 Å². The smallest absolute Gasteiger partial charge is 0.143 e. The van der Waals surface area contributed by atoms with E-state index < -0.39 is 0 Å². The lowest BCUT2D eigenvalue weighted by molar-refractivity contribution is 0.670. The van der Waals surface area contributed by atoms with Crippen LogP contribution in [0.25, 0.3) is 75.1 Å². The van der Waals surface area contributed by atoms with Crippen molar-refractivity contribution in [3.05, 3.63) is 176 Å². The molecule has 0 spiro atoms. The van der Waals surface area contributed by atoms with E-state index in [0.717, 1.165) is 50.1 Å². The number of para-hydroxylation sites is 2. The van der Waals surface area contributed by atoms with Crippen LogP contribution in [0.2, 0.25) is 0 Å². The number of hydrogen-bond donors (Lipinski definition) is 0. The zero-order valence-corrected chi connectivity index (χ0v) is 27.3. The van der Waals surface area contributed by atoms with Gasteiger partial charge in [-0.1, -0.05) is 133 Å². The van der Waals surface area contributed by atoms with Gasteiger partial charge >= 0.3 is 0 Å². The minimum absolute atomic E-state index is 0.913. The summed E-state index contributed by atoms with van der Waals surface area (Å²) in [5, 5.41) is 7.35. The molecule has 2 heterocycles. The van der Waals surface area contributed by atoms with Crippen molar-refractivity contribution in [2.75, 3.05) is 4.90 Å².